The molecule has 0 spiro atoms. The summed E-state index contributed by atoms with van der Waals surface area (Å²) in [5.41, 5.74) is -0.817. The summed E-state index contributed by atoms with van der Waals surface area (Å²) in [4.78, 5) is 23.2. The second-order valence-electron chi connectivity index (χ2n) is 4.94. The SMILES string of the molecule is CC(C)CC(=O)NC(C)(C(=O)O)c1ccccc1. The first-order valence-corrected chi connectivity index (χ1v) is 5.96. The summed E-state index contributed by atoms with van der Waals surface area (Å²) in [6.07, 6.45) is 0.315. The van der Waals surface area contributed by atoms with Crippen molar-refractivity contribution >= 4 is 11.9 Å². The van der Waals surface area contributed by atoms with Crippen LogP contribution >= 0.6 is 0 Å². The summed E-state index contributed by atoms with van der Waals surface area (Å²) in [6.45, 7) is 5.34. The van der Waals surface area contributed by atoms with E-state index in [0.717, 1.165) is 0 Å². The molecule has 1 amide bonds. The van der Waals surface area contributed by atoms with Crippen LogP contribution in [0, 0.1) is 5.92 Å². The Labute approximate surface area is 107 Å². The van der Waals surface area contributed by atoms with Gasteiger partial charge in [-0.15, -0.1) is 0 Å². The van der Waals surface area contributed by atoms with Gasteiger partial charge in [-0.1, -0.05) is 44.2 Å². The van der Waals surface area contributed by atoms with Crippen LogP contribution in [-0.4, -0.2) is 17.0 Å². The van der Waals surface area contributed by atoms with Gasteiger partial charge in [0, 0.05) is 6.42 Å². The molecule has 0 fully saturated rings. The Kier molecular flexibility index (Phi) is 4.48. The van der Waals surface area contributed by atoms with Gasteiger partial charge in [-0.2, -0.15) is 0 Å². The number of nitrogens with one attached hydrogen (secondary N) is 1. The molecule has 0 saturated carbocycles. The van der Waals surface area contributed by atoms with Crippen molar-refractivity contribution in [1.82, 2.24) is 5.32 Å². The number of benzene rings is 1. The number of carbonyl (C=O) groups is 2. The van der Waals surface area contributed by atoms with Crippen molar-refractivity contribution in [3.05, 3.63) is 35.9 Å². The molecule has 0 saturated heterocycles. The Bertz CT molecular complexity index is 428. The minimum Gasteiger partial charge on any atom is -0.479 e. The average molecular weight is 249 g/mol. The van der Waals surface area contributed by atoms with Crippen LogP contribution in [0.5, 0.6) is 0 Å². The van der Waals surface area contributed by atoms with Crippen molar-refractivity contribution in [3.8, 4) is 0 Å². The van der Waals surface area contributed by atoms with Crippen molar-refractivity contribution < 1.29 is 14.7 Å². The Morgan fingerprint density at radius 1 is 1.28 bits per heavy atom. The van der Waals surface area contributed by atoms with E-state index in [-0.39, 0.29) is 11.8 Å². The van der Waals surface area contributed by atoms with Crippen LogP contribution in [0.3, 0.4) is 0 Å². The third kappa shape index (κ3) is 3.32. The van der Waals surface area contributed by atoms with Gasteiger partial charge < -0.3 is 10.4 Å². The van der Waals surface area contributed by atoms with E-state index in [0.29, 0.717) is 12.0 Å². The Hall–Kier alpha value is -1.84. The zero-order chi connectivity index (χ0) is 13.8. The molecule has 1 aromatic rings. The highest BCUT2D eigenvalue weighted by molar-refractivity contribution is 5.87. The number of carboxylic acids is 1. The van der Waals surface area contributed by atoms with E-state index in [2.05, 4.69) is 5.32 Å². The van der Waals surface area contributed by atoms with Crippen molar-refractivity contribution in [2.45, 2.75) is 32.7 Å². The lowest BCUT2D eigenvalue weighted by Gasteiger charge is -2.27. The van der Waals surface area contributed by atoms with Gasteiger partial charge in [-0.05, 0) is 18.4 Å². The first-order valence-electron chi connectivity index (χ1n) is 5.96. The molecular weight excluding hydrogens is 230 g/mol. The van der Waals surface area contributed by atoms with Crippen molar-refractivity contribution in [3.63, 3.8) is 0 Å². The minimum absolute atomic E-state index is 0.193. The van der Waals surface area contributed by atoms with Crippen LogP contribution in [0.1, 0.15) is 32.8 Å². The molecule has 1 unspecified atom stereocenters. The highest BCUT2D eigenvalue weighted by Gasteiger charge is 2.36. The minimum atomic E-state index is -1.38. The topological polar surface area (TPSA) is 66.4 Å². The van der Waals surface area contributed by atoms with Crippen LogP contribution in [0.4, 0.5) is 0 Å². The van der Waals surface area contributed by atoms with E-state index < -0.39 is 11.5 Å². The van der Waals surface area contributed by atoms with Crippen LogP contribution in [0.25, 0.3) is 0 Å². The fraction of sp³-hybridized carbons (Fsp3) is 0.429. The summed E-state index contributed by atoms with van der Waals surface area (Å²) < 4.78 is 0. The highest BCUT2D eigenvalue weighted by Crippen LogP contribution is 2.21. The lowest BCUT2D eigenvalue weighted by atomic mass is 9.91. The van der Waals surface area contributed by atoms with E-state index >= 15 is 0 Å². The predicted octanol–water partition coefficient (Wildman–Crippen LogP) is 2.15. The lowest BCUT2D eigenvalue weighted by Crippen LogP contribution is -2.49. The molecule has 0 aliphatic rings. The Morgan fingerprint density at radius 2 is 1.83 bits per heavy atom. The number of carboxylic acid groups (broad SMARTS) is 1. The third-order valence-electron chi connectivity index (χ3n) is 2.76. The molecule has 18 heavy (non-hydrogen) atoms. The molecule has 98 valence electrons. The largest absolute Gasteiger partial charge is 0.479 e. The van der Waals surface area contributed by atoms with E-state index in [1.807, 2.05) is 19.9 Å². The summed E-state index contributed by atoms with van der Waals surface area (Å²) in [6, 6.07) is 8.71. The van der Waals surface area contributed by atoms with Gasteiger partial charge in [-0.25, -0.2) is 4.79 Å². The zero-order valence-electron chi connectivity index (χ0n) is 10.9. The third-order valence-corrected chi connectivity index (χ3v) is 2.76. The molecule has 0 aliphatic carbocycles. The standard InChI is InChI=1S/C14H19NO3/c1-10(2)9-12(16)15-14(3,13(17)18)11-7-5-4-6-8-11/h4-8,10H,9H2,1-3H3,(H,15,16)(H,17,18). The molecule has 0 radical (unpaired) electrons. The van der Waals surface area contributed by atoms with Crippen LogP contribution in [0.15, 0.2) is 30.3 Å². The lowest BCUT2D eigenvalue weighted by molar-refractivity contribution is -0.147. The first-order chi connectivity index (χ1) is 8.36. The number of hydrogen-bond acceptors (Lipinski definition) is 2. The molecule has 1 aromatic carbocycles. The second kappa shape index (κ2) is 5.67. The molecule has 0 aromatic heterocycles. The van der Waals surface area contributed by atoms with Gasteiger partial charge in [0.05, 0.1) is 0 Å². The maximum Gasteiger partial charge on any atom is 0.333 e. The fourth-order valence-corrected chi connectivity index (χ4v) is 1.72. The van der Waals surface area contributed by atoms with Crippen molar-refractivity contribution in [2.75, 3.05) is 0 Å². The molecule has 2 N–H and O–H groups in total. The second-order valence-corrected chi connectivity index (χ2v) is 4.94. The number of rotatable bonds is 5. The molecule has 1 atom stereocenters. The zero-order valence-corrected chi connectivity index (χ0v) is 10.9. The molecule has 0 aliphatic heterocycles. The van der Waals surface area contributed by atoms with Crippen LogP contribution < -0.4 is 5.32 Å². The predicted molar refractivity (Wildman–Crippen MR) is 69.0 cm³/mol. The number of carbonyl (C=O) groups excluding carboxylic acids is 1. The maximum atomic E-state index is 11.8. The number of amides is 1. The monoisotopic (exact) mass is 249 g/mol. The molecular formula is C14H19NO3. The fourth-order valence-electron chi connectivity index (χ4n) is 1.72. The van der Waals surface area contributed by atoms with Crippen LogP contribution in [-0.2, 0) is 15.1 Å². The van der Waals surface area contributed by atoms with E-state index in [9.17, 15) is 14.7 Å². The van der Waals surface area contributed by atoms with Gasteiger partial charge in [0.1, 0.15) is 0 Å². The van der Waals surface area contributed by atoms with Crippen molar-refractivity contribution in [2.24, 2.45) is 5.92 Å². The Balaban J connectivity index is 2.96. The summed E-state index contributed by atoms with van der Waals surface area (Å²) >= 11 is 0. The van der Waals surface area contributed by atoms with E-state index in [4.69, 9.17) is 0 Å². The summed E-state index contributed by atoms with van der Waals surface area (Å²) in [5.74, 6) is -1.12. The average Bonchev–Trinajstić information content (AvgIpc) is 2.28. The molecule has 4 heteroatoms. The van der Waals surface area contributed by atoms with Gasteiger partial charge in [0.15, 0.2) is 5.54 Å². The van der Waals surface area contributed by atoms with Gasteiger partial charge in [-0.3, -0.25) is 4.79 Å². The van der Waals surface area contributed by atoms with Crippen LogP contribution in [0.2, 0.25) is 0 Å². The summed E-state index contributed by atoms with van der Waals surface area (Å²) in [7, 11) is 0. The van der Waals surface area contributed by atoms with E-state index in [1.54, 1.807) is 24.3 Å². The van der Waals surface area contributed by atoms with Gasteiger partial charge in [0.25, 0.3) is 0 Å². The first kappa shape index (κ1) is 14.2. The Morgan fingerprint density at radius 3 is 2.28 bits per heavy atom. The smallest absolute Gasteiger partial charge is 0.333 e. The highest BCUT2D eigenvalue weighted by atomic mass is 16.4. The van der Waals surface area contributed by atoms with E-state index in [1.165, 1.54) is 6.92 Å². The number of aliphatic carboxylic acids is 1. The normalized spacial score (nSPS) is 14.0. The quantitative estimate of drug-likeness (QED) is 0.840. The van der Waals surface area contributed by atoms with Gasteiger partial charge in [0.2, 0.25) is 5.91 Å². The maximum absolute atomic E-state index is 11.8. The molecule has 4 nitrogen and oxygen atoms in total. The van der Waals surface area contributed by atoms with Crippen molar-refractivity contribution in [1.29, 1.82) is 0 Å². The van der Waals surface area contributed by atoms with Gasteiger partial charge >= 0.3 is 5.97 Å². The molecule has 0 heterocycles. The summed E-state index contributed by atoms with van der Waals surface area (Å²) in [5, 5.41) is 12.0. The number of hydrogen-bond donors (Lipinski definition) is 2. The molecule has 1 rings (SSSR count). The molecule has 0 bridgehead atoms.